The molecule has 1 aliphatic heterocycles. The van der Waals surface area contributed by atoms with Crippen LogP contribution < -0.4 is 0 Å². The topological polar surface area (TPSA) is 71.2 Å². The lowest BCUT2D eigenvalue weighted by atomic mass is 9.98. The van der Waals surface area contributed by atoms with Crippen LogP contribution in [0.2, 0.25) is 0 Å². The van der Waals surface area contributed by atoms with E-state index in [4.69, 9.17) is 0 Å². The summed E-state index contributed by atoms with van der Waals surface area (Å²) in [7, 11) is 0. The smallest absolute Gasteiger partial charge is 0.293 e. The van der Waals surface area contributed by atoms with Gasteiger partial charge in [0.25, 0.3) is 5.91 Å². The maximum Gasteiger partial charge on any atom is 0.293 e. The Morgan fingerprint density at radius 1 is 1.28 bits per heavy atom. The van der Waals surface area contributed by atoms with E-state index in [9.17, 15) is 9.90 Å². The molecular formula is C19H26N4O2. The lowest BCUT2D eigenvalue weighted by molar-refractivity contribution is 0.0639. The lowest BCUT2D eigenvalue weighted by Gasteiger charge is -2.30. The highest BCUT2D eigenvalue weighted by Gasteiger charge is 2.26. The third-order valence-electron chi connectivity index (χ3n) is 4.91. The summed E-state index contributed by atoms with van der Waals surface area (Å²) >= 11 is 0. The number of hydrogen-bond acceptors (Lipinski definition) is 4. The number of carbonyl (C=O) groups excluding carboxylic acids is 1. The van der Waals surface area contributed by atoms with Crippen LogP contribution in [0.3, 0.4) is 0 Å². The standard InChI is InChI=1S/C19H26N4O2/c1-13(2)16-6-4-5-7-17(16)23-14(3)20-18(21-23)19(25)22-10-8-15(12-24)9-11-22/h4-7,13,15,24H,8-12H2,1-3H3. The number of aliphatic hydroxyl groups excluding tert-OH is 1. The van der Waals surface area contributed by atoms with Crippen molar-refractivity contribution in [2.75, 3.05) is 19.7 Å². The minimum absolute atomic E-state index is 0.125. The van der Waals surface area contributed by atoms with Crippen molar-refractivity contribution >= 4 is 5.91 Å². The van der Waals surface area contributed by atoms with Crippen molar-refractivity contribution < 1.29 is 9.90 Å². The molecule has 0 spiro atoms. The molecule has 0 aliphatic carbocycles. The van der Waals surface area contributed by atoms with Crippen LogP contribution in [0.4, 0.5) is 0 Å². The van der Waals surface area contributed by atoms with Crippen molar-refractivity contribution in [3.63, 3.8) is 0 Å². The molecule has 6 nitrogen and oxygen atoms in total. The van der Waals surface area contributed by atoms with E-state index in [1.54, 1.807) is 9.58 Å². The van der Waals surface area contributed by atoms with Gasteiger partial charge in [0.2, 0.25) is 5.82 Å². The molecule has 0 bridgehead atoms. The Bertz CT molecular complexity index is 746. The number of hydrogen-bond donors (Lipinski definition) is 1. The summed E-state index contributed by atoms with van der Waals surface area (Å²) in [4.78, 5) is 18.9. The number of likely N-dealkylation sites (tertiary alicyclic amines) is 1. The fourth-order valence-electron chi connectivity index (χ4n) is 3.34. The number of aryl methyl sites for hydroxylation is 1. The zero-order chi connectivity index (χ0) is 18.0. The third-order valence-corrected chi connectivity index (χ3v) is 4.91. The van der Waals surface area contributed by atoms with Crippen molar-refractivity contribution in [2.24, 2.45) is 5.92 Å². The van der Waals surface area contributed by atoms with E-state index in [0.717, 1.165) is 18.5 Å². The Labute approximate surface area is 148 Å². The van der Waals surface area contributed by atoms with Crippen LogP contribution >= 0.6 is 0 Å². The molecule has 1 aliphatic rings. The Kier molecular flexibility index (Phi) is 5.18. The molecule has 0 atom stereocenters. The number of aromatic nitrogens is 3. The average Bonchev–Trinajstić information content (AvgIpc) is 3.02. The van der Waals surface area contributed by atoms with Gasteiger partial charge in [-0.25, -0.2) is 9.67 Å². The van der Waals surface area contributed by atoms with Crippen molar-refractivity contribution in [1.29, 1.82) is 0 Å². The van der Waals surface area contributed by atoms with Crippen LogP contribution in [-0.4, -0.2) is 50.4 Å². The molecule has 1 fully saturated rings. The number of nitrogens with zero attached hydrogens (tertiary/aromatic N) is 4. The molecular weight excluding hydrogens is 316 g/mol. The van der Waals surface area contributed by atoms with Crippen LogP contribution in [0, 0.1) is 12.8 Å². The van der Waals surface area contributed by atoms with E-state index in [-0.39, 0.29) is 18.3 Å². The maximum atomic E-state index is 12.7. The number of aliphatic hydroxyl groups is 1. The van der Waals surface area contributed by atoms with Gasteiger partial charge in [0.05, 0.1) is 5.69 Å². The first-order valence-corrected chi connectivity index (χ1v) is 8.94. The van der Waals surface area contributed by atoms with Crippen LogP contribution in [0.15, 0.2) is 24.3 Å². The number of amides is 1. The first-order chi connectivity index (χ1) is 12.0. The summed E-state index contributed by atoms with van der Waals surface area (Å²) in [5, 5.41) is 13.7. The van der Waals surface area contributed by atoms with Gasteiger partial charge in [-0.2, -0.15) is 0 Å². The van der Waals surface area contributed by atoms with E-state index in [1.807, 2.05) is 25.1 Å². The largest absolute Gasteiger partial charge is 0.396 e. The molecule has 1 aromatic carbocycles. The normalized spacial score (nSPS) is 15.8. The summed E-state index contributed by atoms with van der Waals surface area (Å²) in [5.74, 6) is 1.49. The van der Waals surface area contributed by atoms with Crippen molar-refractivity contribution in [1.82, 2.24) is 19.7 Å². The molecule has 0 radical (unpaired) electrons. The molecule has 2 heterocycles. The third kappa shape index (κ3) is 3.58. The predicted octanol–water partition coefficient (Wildman–Crippen LogP) is 2.54. The van der Waals surface area contributed by atoms with Crippen LogP contribution in [0.1, 0.15) is 54.6 Å². The van der Waals surface area contributed by atoms with Gasteiger partial charge in [0, 0.05) is 19.7 Å². The molecule has 134 valence electrons. The summed E-state index contributed by atoms with van der Waals surface area (Å²) in [6, 6.07) is 8.09. The van der Waals surface area contributed by atoms with Crippen LogP contribution in [-0.2, 0) is 0 Å². The van der Waals surface area contributed by atoms with Gasteiger partial charge in [-0.05, 0) is 43.2 Å². The van der Waals surface area contributed by atoms with Crippen LogP contribution in [0.25, 0.3) is 5.69 Å². The molecule has 6 heteroatoms. The maximum absolute atomic E-state index is 12.7. The molecule has 1 N–H and O–H groups in total. The minimum Gasteiger partial charge on any atom is -0.396 e. The molecule has 1 amide bonds. The molecule has 3 rings (SSSR count). The zero-order valence-electron chi connectivity index (χ0n) is 15.1. The van der Waals surface area contributed by atoms with Gasteiger partial charge in [-0.15, -0.1) is 5.10 Å². The van der Waals surface area contributed by atoms with Gasteiger partial charge in [-0.1, -0.05) is 32.0 Å². The molecule has 1 aromatic heterocycles. The second-order valence-corrected chi connectivity index (χ2v) is 7.03. The molecule has 0 unspecified atom stereocenters. The van der Waals surface area contributed by atoms with Crippen molar-refractivity contribution in [3.8, 4) is 5.69 Å². The fourth-order valence-corrected chi connectivity index (χ4v) is 3.34. The van der Waals surface area contributed by atoms with Gasteiger partial charge >= 0.3 is 0 Å². The minimum atomic E-state index is -0.125. The fraction of sp³-hybridized carbons (Fsp3) is 0.526. The van der Waals surface area contributed by atoms with E-state index >= 15 is 0 Å². The second-order valence-electron chi connectivity index (χ2n) is 7.03. The SMILES string of the molecule is Cc1nc(C(=O)N2CCC(CO)CC2)nn1-c1ccccc1C(C)C. The number of piperidine rings is 1. The highest BCUT2D eigenvalue weighted by Crippen LogP contribution is 2.24. The number of rotatable bonds is 4. The summed E-state index contributed by atoms with van der Waals surface area (Å²) in [6.45, 7) is 7.66. The van der Waals surface area contributed by atoms with Crippen molar-refractivity contribution in [3.05, 3.63) is 41.5 Å². The molecule has 25 heavy (non-hydrogen) atoms. The summed E-state index contributed by atoms with van der Waals surface area (Å²) in [6.07, 6.45) is 1.66. The molecule has 0 saturated carbocycles. The first-order valence-electron chi connectivity index (χ1n) is 8.94. The molecule has 1 saturated heterocycles. The highest BCUT2D eigenvalue weighted by atomic mass is 16.3. The van der Waals surface area contributed by atoms with E-state index in [2.05, 4.69) is 30.0 Å². The van der Waals surface area contributed by atoms with E-state index < -0.39 is 0 Å². The average molecular weight is 342 g/mol. The quantitative estimate of drug-likeness (QED) is 0.927. The zero-order valence-corrected chi connectivity index (χ0v) is 15.1. The number of benzene rings is 1. The van der Waals surface area contributed by atoms with E-state index in [1.165, 1.54) is 5.56 Å². The van der Waals surface area contributed by atoms with Gasteiger partial charge in [0.1, 0.15) is 5.82 Å². The Morgan fingerprint density at radius 3 is 2.60 bits per heavy atom. The first kappa shape index (κ1) is 17.6. The predicted molar refractivity (Wildman–Crippen MR) is 95.9 cm³/mol. The number of carbonyl (C=O) groups is 1. The Hall–Kier alpha value is -2.21. The highest BCUT2D eigenvalue weighted by molar-refractivity contribution is 5.90. The summed E-state index contributed by atoms with van der Waals surface area (Å²) in [5.41, 5.74) is 2.15. The Morgan fingerprint density at radius 2 is 1.96 bits per heavy atom. The second kappa shape index (κ2) is 7.35. The van der Waals surface area contributed by atoms with Crippen molar-refractivity contribution in [2.45, 2.75) is 39.5 Å². The van der Waals surface area contributed by atoms with Gasteiger partial charge in [-0.3, -0.25) is 4.79 Å². The Balaban J connectivity index is 1.85. The number of para-hydroxylation sites is 1. The molecule has 2 aromatic rings. The van der Waals surface area contributed by atoms with E-state index in [0.29, 0.717) is 30.7 Å². The van der Waals surface area contributed by atoms with Crippen LogP contribution in [0.5, 0.6) is 0 Å². The van der Waals surface area contributed by atoms with Gasteiger partial charge < -0.3 is 10.0 Å². The monoisotopic (exact) mass is 342 g/mol. The lowest BCUT2D eigenvalue weighted by Crippen LogP contribution is -2.39. The summed E-state index contributed by atoms with van der Waals surface area (Å²) < 4.78 is 1.77. The van der Waals surface area contributed by atoms with Gasteiger partial charge in [0.15, 0.2) is 0 Å².